The number of carbonyl (C=O) groups excluding carboxylic acids is 2. The van der Waals surface area contributed by atoms with E-state index in [9.17, 15) is 9.59 Å². The number of nitrogens with one attached hydrogen (secondary N) is 1. The molecule has 0 unspecified atom stereocenters. The molecule has 0 aliphatic rings. The molecule has 0 radical (unpaired) electrons. The molecule has 2 aromatic rings. The second-order valence-electron chi connectivity index (χ2n) is 5.01. The highest BCUT2D eigenvalue weighted by atomic mass is 79.9. The van der Waals surface area contributed by atoms with Crippen molar-refractivity contribution in [3.63, 3.8) is 0 Å². The molecular formula is C18H15BrN2O4. The van der Waals surface area contributed by atoms with Gasteiger partial charge in [-0.2, -0.15) is 5.26 Å². The Morgan fingerprint density at radius 3 is 2.52 bits per heavy atom. The smallest absolute Gasteiger partial charge is 0.338 e. The minimum absolute atomic E-state index is 0.307. The summed E-state index contributed by atoms with van der Waals surface area (Å²) < 4.78 is 10.7. The first-order valence-corrected chi connectivity index (χ1v) is 8.09. The Morgan fingerprint density at radius 1 is 1.20 bits per heavy atom. The maximum absolute atomic E-state index is 12.0. The molecule has 0 saturated carbocycles. The van der Waals surface area contributed by atoms with Crippen molar-refractivity contribution in [2.45, 2.75) is 6.42 Å². The predicted octanol–water partition coefficient (Wildman–Crippen LogP) is 3.32. The summed E-state index contributed by atoms with van der Waals surface area (Å²) in [4.78, 5) is 23.8. The van der Waals surface area contributed by atoms with Crippen molar-refractivity contribution in [1.82, 2.24) is 0 Å². The van der Waals surface area contributed by atoms with Gasteiger partial charge in [0.05, 0.1) is 29.6 Å². The van der Waals surface area contributed by atoms with Crippen LogP contribution in [0.4, 0.5) is 5.69 Å². The number of nitriles is 1. The Kier molecular flexibility index (Phi) is 6.54. The van der Waals surface area contributed by atoms with E-state index in [1.54, 1.807) is 42.5 Å². The second-order valence-corrected chi connectivity index (χ2v) is 5.86. The van der Waals surface area contributed by atoms with Crippen LogP contribution >= 0.6 is 15.9 Å². The van der Waals surface area contributed by atoms with Crippen LogP contribution in [0.5, 0.6) is 5.75 Å². The Labute approximate surface area is 153 Å². The molecule has 0 atom stereocenters. The van der Waals surface area contributed by atoms with E-state index >= 15 is 0 Å². The molecular weight excluding hydrogens is 388 g/mol. The summed E-state index contributed by atoms with van der Waals surface area (Å²) in [5.74, 6) is -0.467. The van der Waals surface area contributed by atoms with Gasteiger partial charge in [0.2, 0.25) is 0 Å². The number of benzene rings is 2. The monoisotopic (exact) mass is 402 g/mol. The summed E-state index contributed by atoms with van der Waals surface area (Å²) in [7, 11) is 1.52. The Bertz CT molecular complexity index is 813. The first kappa shape index (κ1) is 18.5. The average Bonchev–Trinajstić information content (AvgIpc) is 2.61. The fourth-order valence-electron chi connectivity index (χ4n) is 2.00. The van der Waals surface area contributed by atoms with Crippen LogP contribution in [0.25, 0.3) is 0 Å². The van der Waals surface area contributed by atoms with Crippen LogP contribution in [-0.4, -0.2) is 25.6 Å². The summed E-state index contributed by atoms with van der Waals surface area (Å²) in [6.07, 6.45) is 0.309. The molecule has 0 spiro atoms. The van der Waals surface area contributed by atoms with Crippen LogP contribution in [-0.2, 0) is 16.0 Å². The molecule has 2 aromatic carbocycles. The molecule has 25 heavy (non-hydrogen) atoms. The van der Waals surface area contributed by atoms with E-state index in [-0.39, 0.29) is 0 Å². The fraction of sp³-hybridized carbons (Fsp3) is 0.167. The number of methoxy groups -OCH3 is 1. The largest absolute Gasteiger partial charge is 0.496 e. The van der Waals surface area contributed by atoms with Crippen LogP contribution in [0, 0.1) is 11.3 Å². The van der Waals surface area contributed by atoms with Gasteiger partial charge in [0.25, 0.3) is 5.91 Å². The number of nitrogens with zero attached hydrogens (tertiary/aromatic N) is 1. The first-order valence-electron chi connectivity index (χ1n) is 7.30. The molecule has 7 heteroatoms. The molecule has 0 aromatic heterocycles. The predicted molar refractivity (Wildman–Crippen MR) is 95.4 cm³/mol. The summed E-state index contributed by atoms with van der Waals surface area (Å²) in [5.41, 5.74) is 1.73. The Morgan fingerprint density at radius 2 is 1.92 bits per heavy atom. The minimum atomic E-state index is -0.608. The average molecular weight is 403 g/mol. The molecule has 0 bridgehead atoms. The number of hydrogen-bond acceptors (Lipinski definition) is 5. The number of rotatable bonds is 6. The number of hydrogen-bond donors (Lipinski definition) is 1. The molecule has 0 saturated heterocycles. The maximum Gasteiger partial charge on any atom is 0.338 e. The molecule has 2 rings (SSSR count). The van der Waals surface area contributed by atoms with Gasteiger partial charge in [-0.1, -0.05) is 12.1 Å². The third-order valence-electron chi connectivity index (χ3n) is 3.24. The topological polar surface area (TPSA) is 88.4 Å². The van der Waals surface area contributed by atoms with Crippen molar-refractivity contribution < 1.29 is 19.1 Å². The fourth-order valence-corrected chi connectivity index (χ4v) is 2.54. The summed E-state index contributed by atoms with van der Waals surface area (Å²) in [6.45, 7) is -0.400. The Hall–Kier alpha value is -2.85. The zero-order chi connectivity index (χ0) is 18.2. The molecule has 6 nitrogen and oxygen atoms in total. The summed E-state index contributed by atoms with van der Waals surface area (Å²) in [5, 5.41) is 11.2. The Balaban J connectivity index is 1.87. The highest BCUT2D eigenvalue weighted by Gasteiger charge is 2.12. The normalized spacial score (nSPS) is 9.80. The van der Waals surface area contributed by atoms with E-state index in [4.69, 9.17) is 14.7 Å². The van der Waals surface area contributed by atoms with Crippen LogP contribution in [0.15, 0.2) is 46.9 Å². The number of halogens is 1. The van der Waals surface area contributed by atoms with Crippen molar-refractivity contribution in [3.8, 4) is 11.8 Å². The van der Waals surface area contributed by atoms with Crippen molar-refractivity contribution in [2.75, 3.05) is 19.0 Å². The number of ether oxygens (including phenoxy) is 2. The molecule has 0 aliphatic carbocycles. The van der Waals surface area contributed by atoms with Crippen molar-refractivity contribution in [2.24, 2.45) is 0 Å². The molecule has 1 amide bonds. The highest BCUT2D eigenvalue weighted by molar-refractivity contribution is 9.10. The number of anilines is 1. The van der Waals surface area contributed by atoms with Crippen LogP contribution in [0.2, 0.25) is 0 Å². The highest BCUT2D eigenvalue weighted by Crippen LogP contribution is 2.25. The van der Waals surface area contributed by atoms with Crippen LogP contribution < -0.4 is 10.1 Å². The zero-order valence-electron chi connectivity index (χ0n) is 13.4. The second kappa shape index (κ2) is 8.85. The van der Waals surface area contributed by atoms with Gasteiger partial charge in [-0.05, 0) is 51.8 Å². The van der Waals surface area contributed by atoms with Gasteiger partial charge >= 0.3 is 5.97 Å². The number of carbonyl (C=O) groups is 2. The van der Waals surface area contributed by atoms with Crippen molar-refractivity contribution in [1.29, 1.82) is 5.26 Å². The van der Waals surface area contributed by atoms with Crippen LogP contribution in [0.3, 0.4) is 0 Å². The minimum Gasteiger partial charge on any atom is -0.496 e. The van der Waals surface area contributed by atoms with Gasteiger partial charge in [-0.15, -0.1) is 0 Å². The van der Waals surface area contributed by atoms with E-state index < -0.39 is 18.5 Å². The molecule has 128 valence electrons. The molecule has 0 aliphatic heterocycles. The van der Waals surface area contributed by atoms with Gasteiger partial charge in [-0.25, -0.2) is 4.79 Å². The first-order chi connectivity index (χ1) is 12.0. The van der Waals surface area contributed by atoms with E-state index in [1.165, 1.54) is 7.11 Å². The van der Waals surface area contributed by atoms with E-state index in [0.717, 1.165) is 5.56 Å². The third-order valence-corrected chi connectivity index (χ3v) is 3.86. The lowest BCUT2D eigenvalue weighted by molar-refractivity contribution is -0.119. The van der Waals surface area contributed by atoms with Crippen molar-refractivity contribution in [3.05, 3.63) is 58.1 Å². The SMILES string of the molecule is COc1ccc(C(=O)OCC(=O)Nc2ccc(CC#N)cc2)cc1Br. The molecule has 0 fully saturated rings. The van der Waals surface area contributed by atoms with Crippen LogP contribution in [0.1, 0.15) is 15.9 Å². The lowest BCUT2D eigenvalue weighted by Gasteiger charge is -2.08. The maximum atomic E-state index is 12.0. The van der Waals surface area contributed by atoms with Gasteiger partial charge in [0.1, 0.15) is 5.75 Å². The quantitative estimate of drug-likeness (QED) is 0.748. The summed E-state index contributed by atoms with van der Waals surface area (Å²) >= 11 is 3.28. The lowest BCUT2D eigenvalue weighted by atomic mass is 10.1. The zero-order valence-corrected chi connectivity index (χ0v) is 15.0. The van der Waals surface area contributed by atoms with E-state index in [2.05, 4.69) is 21.2 Å². The van der Waals surface area contributed by atoms with Crippen molar-refractivity contribution >= 4 is 33.5 Å². The number of amides is 1. The third kappa shape index (κ3) is 5.33. The molecule has 0 heterocycles. The van der Waals surface area contributed by atoms with E-state index in [1.807, 2.05) is 6.07 Å². The van der Waals surface area contributed by atoms with Gasteiger partial charge in [0.15, 0.2) is 6.61 Å². The van der Waals surface area contributed by atoms with Gasteiger partial charge in [0, 0.05) is 5.69 Å². The van der Waals surface area contributed by atoms with Gasteiger partial charge in [-0.3, -0.25) is 4.79 Å². The molecule has 1 N–H and O–H groups in total. The standard InChI is InChI=1S/C18H15BrN2O4/c1-24-16-7-4-13(10-15(16)19)18(23)25-11-17(22)21-14-5-2-12(3-6-14)8-9-20/h2-7,10H,8,11H2,1H3,(H,21,22). The number of esters is 1. The van der Waals surface area contributed by atoms with Gasteiger partial charge < -0.3 is 14.8 Å². The van der Waals surface area contributed by atoms with E-state index in [0.29, 0.717) is 27.9 Å². The summed E-state index contributed by atoms with van der Waals surface area (Å²) in [6, 6.07) is 13.7. The lowest BCUT2D eigenvalue weighted by Crippen LogP contribution is -2.20.